The highest BCUT2D eigenvalue weighted by Gasteiger charge is 2.39. The molecule has 1 aliphatic rings. The molecule has 0 aromatic heterocycles. The Balaban J connectivity index is 1.96. The molecule has 76 valence electrons. The summed E-state index contributed by atoms with van der Waals surface area (Å²) in [4.78, 5) is 0. The molecular formula is C13H18O. The van der Waals surface area contributed by atoms with Gasteiger partial charge in [-0.2, -0.15) is 0 Å². The first kappa shape index (κ1) is 9.72. The van der Waals surface area contributed by atoms with Gasteiger partial charge in [-0.1, -0.05) is 43.7 Å². The van der Waals surface area contributed by atoms with Crippen LogP contribution in [0.1, 0.15) is 37.5 Å². The van der Waals surface area contributed by atoms with E-state index >= 15 is 0 Å². The first-order valence-electron chi connectivity index (χ1n) is 5.39. The van der Waals surface area contributed by atoms with Gasteiger partial charge in [-0.3, -0.25) is 0 Å². The van der Waals surface area contributed by atoms with Gasteiger partial charge in [0, 0.05) is 0 Å². The summed E-state index contributed by atoms with van der Waals surface area (Å²) in [5, 5.41) is 0. The standard InChI is InChI=1S/C13H18O/c1-9(2)8-12-13(14-12)11-6-4-10(3)5-7-11/h4-7,9,12-13H,8H2,1-3H3/t12-,13-/m1/s1. The summed E-state index contributed by atoms with van der Waals surface area (Å²) in [6.45, 7) is 6.60. The van der Waals surface area contributed by atoms with Crippen LogP contribution in [0, 0.1) is 12.8 Å². The lowest BCUT2D eigenvalue weighted by molar-refractivity contribution is 0.348. The maximum absolute atomic E-state index is 5.65. The number of hydrogen-bond acceptors (Lipinski definition) is 1. The second-order valence-corrected chi connectivity index (χ2v) is 4.64. The predicted molar refractivity (Wildman–Crippen MR) is 58.2 cm³/mol. The molecule has 1 heteroatoms. The molecule has 1 aromatic rings. The SMILES string of the molecule is Cc1ccc([C@H]2O[C@@H]2CC(C)C)cc1. The van der Waals surface area contributed by atoms with E-state index in [1.165, 1.54) is 17.5 Å². The Bertz CT molecular complexity index is 300. The lowest BCUT2D eigenvalue weighted by Gasteiger charge is -2.00. The predicted octanol–water partition coefficient (Wildman–Crippen LogP) is 3.48. The second kappa shape index (κ2) is 3.74. The lowest BCUT2D eigenvalue weighted by Crippen LogP contribution is -1.95. The zero-order valence-corrected chi connectivity index (χ0v) is 9.16. The number of rotatable bonds is 3. The zero-order chi connectivity index (χ0) is 10.1. The van der Waals surface area contributed by atoms with Crippen molar-refractivity contribution in [2.24, 2.45) is 5.92 Å². The van der Waals surface area contributed by atoms with Crippen LogP contribution in [-0.2, 0) is 4.74 Å². The summed E-state index contributed by atoms with van der Waals surface area (Å²) >= 11 is 0. The largest absolute Gasteiger partial charge is 0.364 e. The average Bonchev–Trinajstić information content (AvgIpc) is 2.84. The molecule has 1 fully saturated rings. The van der Waals surface area contributed by atoms with Gasteiger partial charge in [0.2, 0.25) is 0 Å². The number of benzene rings is 1. The maximum Gasteiger partial charge on any atom is 0.109 e. The van der Waals surface area contributed by atoms with E-state index in [-0.39, 0.29) is 0 Å². The van der Waals surface area contributed by atoms with Gasteiger partial charge in [0.25, 0.3) is 0 Å². The molecule has 0 radical (unpaired) electrons. The Kier molecular flexibility index (Phi) is 2.60. The van der Waals surface area contributed by atoms with E-state index in [0.29, 0.717) is 12.2 Å². The molecule has 0 saturated carbocycles. The monoisotopic (exact) mass is 190 g/mol. The number of epoxide rings is 1. The fourth-order valence-electron chi connectivity index (χ4n) is 1.84. The van der Waals surface area contributed by atoms with Crippen LogP contribution in [0.15, 0.2) is 24.3 Å². The van der Waals surface area contributed by atoms with Gasteiger partial charge >= 0.3 is 0 Å². The molecular weight excluding hydrogens is 172 g/mol. The Morgan fingerprint density at radius 3 is 2.43 bits per heavy atom. The molecule has 14 heavy (non-hydrogen) atoms. The Morgan fingerprint density at radius 1 is 1.21 bits per heavy atom. The van der Waals surface area contributed by atoms with E-state index in [9.17, 15) is 0 Å². The smallest absolute Gasteiger partial charge is 0.109 e. The van der Waals surface area contributed by atoms with Crippen LogP contribution in [0.2, 0.25) is 0 Å². The third-order valence-corrected chi connectivity index (χ3v) is 2.69. The fourth-order valence-corrected chi connectivity index (χ4v) is 1.84. The summed E-state index contributed by atoms with van der Waals surface area (Å²) in [5.74, 6) is 0.732. The van der Waals surface area contributed by atoms with Crippen molar-refractivity contribution in [3.05, 3.63) is 35.4 Å². The van der Waals surface area contributed by atoms with E-state index in [1.54, 1.807) is 0 Å². The topological polar surface area (TPSA) is 12.5 Å². The minimum atomic E-state index is 0.373. The van der Waals surface area contributed by atoms with Gasteiger partial charge in [-0.25, -0.2) is 0 Å². The van der Waals surface area contributed by atoms with Gasteiger partial charge < -0.3 is 4.74 Å². The summed E-state index contributed by atoms with van der Waals surface area (Å²) in [6.07, 6.45) is 2.02. The molecule has 2 atom stereocenters. The Labute approximate surface area is 86.1 Å². The molecule has 1 aliphatic heterocycles. The second-order valence-electron chi connectivity index (χ2n) is 4.64. The molecule has 0 bridgehead atoms. The summed E-state index contributed by atoms with van der Waals surface area (Å²) in [7, 11) is 0. The zero-order valence-electron chi connectivity index (χ0n) is 9.16. The van der Waals surface area contributed by atoms with Crippen molar-refractivity contribution in [1.29, 1.82) is 0 Å². The fraction of sp³-hybridized carbons (Fsp3) is 0.538. The molecule has 1 nitrogen and oxygen atoms in total. The van der Waals surface area contributed by atoms with Gasteiger partial charge in [0.15, 0.2) is 0 Å². The highest BCUT2D eigenvalue weighted by molar-refractivity contribution is 5.26. The first-order valence-corrected chi connectivity index (χ1v) is 5.39. The minimum Gasteiger partial charge on any atom is -0.364 e. The molecule has 0 N–H and O–H groups in total. The summed E-state index contributed by atoms with van der Waals surface area (Å²) < 4.78 is 5.65. The van der Waals surface area contributed by atoms with Crippen molar-refractivity contribution >= 4 is 0 Å². The third-order valence-electron chi connectivity index (χ3n) is 2.69. The minimum absolute atomic E-state index is 0.373. The maximum atomic E-state index is 5.65. The lowest BCUT2D eigenvalue weighted by atomic mass is 10.0. The van der Waals surface area contributed by atoms with Crippen molar-refractivity contribution in [2.75, 3.05) is 0 Å². The van der Waals surface area contributed by atoms with Crippen LogP contribution in [-0.4, -0.2) is 6.10 Å². The number of aryl methyl sites for hydroxylation is 1. The number of hydrogen-bond donors (Lipinski definition) is 0. The highest BCUT2D eigenvalue weighted by Crippen LogP contribution is 2.42. The third kappa shape index (κ3) is 2.16. The van der Waals surface area contributed by atoms with Crippen molar-refractivity contribution in [3.8, 4) is 0 Å². The number of ether oxygens (including phenoxy) is 1. The van der Waals surface area contributed by atoms with Crippen molar-refractivity contribution in [3.63, 3.8) is 0 Å². The van der Waals surface area contributed by atoms with Crippen LogP contribution >= 0.6 is 0 Å². The van der Waals surface area contributed by atoms with E-state index in [4.69, 9.17) is 4.74 Å². The van der Waals surface area contributed by atoms with E-state index in [0.717, 1.165) is 5.92 Å². The normalized spacial score (nSPS) is 25.4. The van der Waals surface area contributed by atoms with Crippen molar-refractivity contribution in [2.45, 2.75) is 39.4 Å². The molecule has 0 aliphatic carbocycles. The quantitative estimate of drug-likeness (QED) is 0.665. The molecule has 0 amide bonds. The van der Waals surface area contributed by atoms with Crippen LogP contribution in [0.25, 0.3) is 0 Å². The van der Waals surface area contributed by atoms with Crippen molar-refractivity contribution < 1.29 is 4.74 Å². The molecule has 0 spiro atoms. The molecule has 2 rings (SSSR count). The van der Waals surface area contributed by atoms with Gasteiger partial charge in [-0.15, -0.1) is 0 Å². The van der Waals surface area contributed by atoms with Gasteiger partial charge in [0.1, 0.15) is 6.10 Å². The Hall–Kier alpha value is -0.820. The summed E-state index contributed by atoms with van der Waals surface area (Å²) in [5.41, 5.74) is 2.65. The molecule has 0 unspecified atom stereocenters. The molecule has 1 aromatic carbocycles. The summed E-state index contributed by atoms with van der Waals surface area (Å²) in [6, 6.07) is 8.67. The van der Waals surface area contributed by atoms with Gasteiger partial charge in [0.05, 0.1) is 6.10 Å². The van der Waals surface area contributed by atoms with E-state index in [2.05, 4.69) is 45.0 Å². The Morgan fingerprint density at radius 2 is 1.86 bits per heavy atom. The van der Waals surface area contributed by atoms with Crippen LogP contribution < -0.4 is 0 Å². The van der Waals surface area contributed by atoms with Crippen LogP contribution in [0.5, 0.6) is 0 Å². The van der Waals surface area contributed by atoms with Crippen LogP contribution in [0.4, 0.5) is 0 Å². The first-order chi connectivity index (χ1) is 6.66. The van der Waals surface area contributed by atoms with E-state index in [1.807, 2.05) is 0 Å². The van der Waals surface area contributed by atoms with Crippen molar-refractivity contribution in [1.82, 2.24) is 0 Å². The average molecular weight is 190 g/mol. The van der Waals surface area contributed by atoms with E-state index < -0.39 is 0 Å². The van der Waals surface area contributed by atoms with Crippen LogP contribution in [0.3, 0.4) is 0 Å². The molecule has 1 saturated heterocycles. The van der Waals surface area contributed by atoms with Gasteiger partial charge in [-0.05, 0) is 24.8 Å². The molecule has 1 heterocycles. The highest BCUT2D eigenvalue weighted by atomic mass is 16.6.